The standard InChI is InChI=1S/C35H46N2O3.2C2H4O2.Co/c1-10-25-14-23(19-34(3,4)5)16-27(32(25)38)21-36-30-13-12-29(40-9)18-31(30)37-22-28-17-24(20-35(6,7)8)15-26(11-2)33(28)39;2*1-2(3)4;/h12-18,21-22,38-39H,10-11,19-20H2,1-9H3;2*1H3,(H,3,4);/q;;;+2/p-2. The van der Waals surface area contributed by atoms with E-state index < -0.39 is 11.9 Å². The summed E-state index contributed by atoms with van der Waals surface area (Å²) in [7, 11) is 1.62. The van der Waals surface area contributed by atoms with Crippen LogP contribution in [-0.4, -0.2) is 41.7 Å². The van der Waals surface area contributed by atoms with Gasteiger partial charge in [-0.2, -0.15) is 0 Å². The van der Waals surface area contributed by atoms with Crippen molar-refractivity contribution < 1.29 is 51.5 Å². The summed E-state index contributed by atoms with van der Waals surface area (Å²) in [6.45, 7) is 19.3. The molecule has 49 heavy (non-hydrogen) atoms. The van der Waals surface area contributed by atoms with Crippen LogP contribution in [0.4, 0.5) is 11.4 Å². The zero-order valence-electron chi connectivity index (χ0n) is 30.7. The molecule has 0 aromatic heterocycles. The van der Waals surface area contributed by atoms with E-state index in [-0.39, 0.29) is 39.1 Å². The molecule has 0 atom stereocenters. The first-order valence-corrected chi connectivity index (χ1v) is 16.0. The summed E-state index contributed by atoms with van der Waals surface area (Å²) >= 11 is 0. The Hall–Kier alpha value is -4.15. The maximum atomic E-state index is 10.9. The van der Waals surface area contributed by atoms with Crippen molar-refractivity contribution in [3.8, 4) is 17.2 Å². The quantitative estimate of drug-likeness (QED) is 0.242. The van der Waals surface area contributed by atoms with Crippen LogP contribution >= 0.6 is 0 Å². The van der Waals surface area contributed by atoms with E-state index in [4.69, 9.17) is 34.5 Å². The van der Waals surface area contributed by atoms with Gasteiger partial charge in [-0.05, 0) is 96.9 Å². The van der Waals surface area contributed by atoms with E-state index in [0.29, 0.717) is 28.3 Å². The molecule has 0 aliphatic carbocycles. The number of nitrogens with zero attached hydrogens (tertiary/aromatic N) is 2. The molecule has 3 aromatic carbocycles. The molecule has 0 amide bonds. The van der Waals surface area contributed by atoms with Crippen molar-refractivity contribution >= 4 is 35.7 Å². The molecule has 10 heteroatoms. The number of hydrogen-bond donors (Lipinski definition) is 2. The number of aliphatic carboxylic acids is 2. The molecule has 0 spiro atoms. The Bertz CT molecular complexity index is 1580. The maximum Gasteiger partial charge on any atom is 2.00 e. The third-order valence-corrected chi connectivity index (χ3v) is 6.65. The zero-order chi connectivity index (χ0) is 36.8. The smallest absolute Gasteiger partial charge is 0.550 e. The summed E-state index contributed by atoms with van der Waals surface area (Å²) in [4.78, 5) is 27.3. The molecular weight excluding hydrogens is 667 g/mol. The van der Waals surface area contributed by atoms with Gasteiger partial charge in [-0.25, -0.2) is 0 Å². The fourth-order valence-electron chi connectivity index (χ4n) is 4.86. The predicted molar refractivity (Wildman–Crippen MR) is 190 cm³/mol. The number of aryl methyl sites for hydroxylation is 2. The molecule has 2 N–H and O–H groups in total. The van der Waals surface area contributed by atoms with Crippen molar-refractivity contribution in [2.45, 2.75) is 94.9 Å². The van der Waals surface area contributed by atoms with Gasteiger partial charge in [-0.1, -0.05) is 67.5 Å². The molecular formula is C39H52CoN2O7. The summed E-state index contributed by atoms with van der Waals surface area (Å²) < 4.78 is 5.46. The molecule has 0 bridgehead atoms. The normalized spacial score (nSPS) is 11.2. The Labute approximate surface area is 302 Å². The van der Waals surface area contributed by atoms with Crippen LogP contribution in [0.15, 0.2) is 52.4 Å². The minimum Gasteiger partial charge on any atom is -0.550 e. The first-order valence-electron chi connectivity index (χ1n) is 16.0. The molecule has 9 nitrogen and oxygen atoms in total. The fourth-order valence-corrected chi connectivity index (χ4v) is 4.86. The first kappa shape index (κ1) is 44.8. The number of hydrogen-bond acceptors (Lipinski definition) is 9. The second-order valence-corrected chi connectivity index (χ2v) is 13.9. The predicted octanol–water partition coefficient (Wildman–Crippen LogP) is 6.42. The number of aliphatic imine (C=N–C) groups is 2. The molecule has 1 radical (unpaired) electrons. The van der Waals surface area contributed by atoms with Crippen molar-refractivity contribution in [1.29, 1.82) is 0 Å². The minimum atomic E-state index is -1.08. The number of carbonyl (C=O) groups excluding carboxylic acids is 2. The van der Waals surface area contributed by atoms with Crippen LogP contribution < -0.4 is 14.9 Å². The number of carboxylic acid groups (broad SMARTS) is 2. The number of methoxy groups -OCH3 is 1. The van der Waals surface area contributed by atoms with Crippen molar-refractivity contribution in [1.82, 2.24) is 0 Å². The Kier molecular flexibility index (Phi) is 18.7. The van der Waals surface area contributed by atoms with Gasteiger partial charge >= 0.3 is 16.8 Å². The number of phenolic OH excluding ortho intramolecular Hbond substituents is 2. The summed E-state index contributed by atoms with van der Waals surface area (Å²) in [6, 6.07) is 13.7. The number of aromatic hydroxyl groups is 2. The Morgan fingerprint density at radius 2 is 1.08 bits per heavy atom. The summed E-state index contributed by atoms with van der Waals surface area (Å²) in [6.07, 6.45) is 6.67. The van der Waals surface area contributed by atoms with E-state index in [2.05, 4.69) is 53.7 Å². The average Bonchev–Trinajstić information content (AvgIpc) is 2.95. The van der Waals surface area contributed by atoms with E-state index in [0.717, 1.165) is 50.7 Å². The van der Waals surface area contributed by atoms with E-state index in [1.54, 1.807) is 19.5 Å². The zero-order valence-corrected chi connectivity index (χ0v) is 31.7. The van der Waals surface area contributed by atoms with Crippen LogP contribution in [0.1, 0.15) is 103 Å². The molecule has 269 valence electrons. The van der Waals surface area contributed by atoms with Crippen LogP contribution in [-0.2, 0) is 52.1 Å². The Morgan fingerprint density at radius 1 is 0.714 bits per heavy atom. The van der Waals surface area contributed by atoms with Crippen LogP contribution in [0.5, 0.6) is 17.2 Å². The van der Waals surface area contributed by atoms with Crippen molar-refractivity contribution in [2.75, 3.05) is 7.11 Å². The van der Waals surface area contributed by atoms with Gasteiger partial charge < -0.3 is 34.8 Å². The van der Waals surface area contributed by atoms with Crippen LogP contribution in [0.2, 0.25) is 0 Å². The van der Waals surface area contributed by atoms with Gasteiger partial charge in [0.15, 0.2) is 0 Å². The summed E-state index contributed by atoms with van der Waals surface area (Å²) in [5.74, 6) is -0.992. The molecule has 0 unspecified atom stereocenters. The number of ether oxygens (including phenoxy) is 1. The molecule has 0 aliphatic rings. The van der Waals surface area contributed by atoms with E-state index in [9.17, 15) is 10.2 Å². The van der Waals surface area contributed by atoms with E-state index in [1.807, 2.05) is 44.2 Å². The monoisotopic (exact) mass is 719 g/mol. The second-order valence-electron chi connectivity index (χ2n) is 13.9. The van der Waals surface area contributed by atoms with Gasteiger partial charge in [-0.15, -0.1) is 0 Å². The Balaban J connectivity index is 0.00000230. The van der Waals surface area contributed by atoms with E-state index in [1.165, 1.54) is 11.1 Å². The van der Waals surface area contributed by atoms with Crippen LogP contribution in [0.25, 0.3) is 0 Å². The van der Waals surface area contributed by atoms with Crippen molar-refractivity contribution in [3.05, 3.63) is 75.8 Å². The van der Waals surface area contributed by atoms with Gasteiger partial charge in [0.2, 0.25) is 0 Å². The molecule has 3 aromatic rings. The molecule has 0 saturated carbocycles. The number of carboxylic acids is 2. The van der Waals surface area contributed by atoms with Crippen molar-refractivity contribution in [3.63, 3.8) is 0 Å². The summed E-state index contributed by atoms with van der Waals surface area (Å²) in [5, 5.41) is 39.6. The number of phenols is 2. The van der Waals surface area contributed by atoms with Crippen LogP contribution in [0.3, 0.4) is 0 Å². The molecule has 3 rings (SSSR count). The number of rotatable bonds is 9. The number of carbonyl (C=O) groups is 2. The number of benzene rings is 3. The summed E-state index contributed by atoms with van der Waals surface area (Å²) in [5.41, 5.74) is 7.02. The maximum absolute atomic E-state index is 10.9. The molecule has 0 aliphatic heterocycles. The third kappa shape index (κ3) is 17.2. The second kappa shape index (κ2) is 20.4. The fraction of sp³-hybridized carbons (Fsp3) is 0.436. The first-order chi connectivity index (χ1) is 22.2. The van der Waals surface area contributed by atoms with Gasteiger partial charge in [-0.3, -0.25) is 9.98 Å². The van der Waals surface area contributed by atoms with Gasteiger partial charge in [0.05, 0.1) is 18.5 Å². The van der Waals surface area contributed by atoms with Gasteiger partial charge in [0, 0.05) is 41.6 Å². The topological polar surface area (TPSA) is 155 Å². The molecule has 0 heterocycles. The van der Waals surface area contributed by atoms with Gasteiger partial charge in [0.25, 0.3) is 0 Å². The van der Waals surface area contributed by atoms with Crippen molar-refractivity contribution in [2.24, 2.45) is 20.8 Å². The van der Waals surface area contributed by atoms with Crippen LogP contribution in [0, 0.1) is 10.8 Å². The molecule has 0 fully saturated rings. The minimum absolute atomic E-state index is 0. The largest absolute Gasteiger partial charge is 2.00 e. The average molecular weight is 720 g/mol. The Morgan fingerprint density at radius 3 is 1.41 bits per heavy atom. The van der Waals surface area contributed by atoms with Gasteiger partial charge in [0.1, 0.15) is 17.2 Å². The molecule has 0 saturated heterocycles. The third-order valence-electron chi connectivity index (χ3n) is 6.65. The SMILES string of the molecule is CC(=O)[O-].CC(=O)[O-].CCc1cc(CC(C)(C)C)cc(C=Nc2ccc(OC)cc2N=Cc2cc(CC(C)(C)C)cc(CC)c2O)c1O.[Co+2]. The van der Waals surface area contributed by atoms with E-state index >= 15 is 0 Å².